The molecule has 0 aliphatic rings. The minimum Gasteiger partial charge on any atom is -0.480 e. The number of carboxylic acid groups (broad SMARTS) is 1. The largest absolute Gasteiger partial charge is 0.480 e. The highest BCUT2D eigenvalue weighted by Gasteiger charge is 2.28. The smallest absolute Gasteiger partial charge is 0.408 e. The van der Waals surface area contributed by atoms with E-state index in [1.165, 1.54) is 0 Å². The monoisotopic (exact) mass is 413 g/mol. The number of amides is 3. The molecule has 2 atom stereocenters. The lowest BCUT2D eigenvalue weighted by atomic mass is 10.1. The fourth-order valence-corrected chi connectivity index (χ4v) is 2.64. The molecule has 9 heteroatoms. The van der Waals surface area contributed by atoms with Crippen LogP contribution in [0.15, 0.2) is 60.7 Å². The summed E-state index contributed by atoms with van der Waals surface area (Å²) in [6.45, 7) is -0.0384. The van der Waals surface area contributed by atoms with Gasteiger partial charge in [0.2, 0.25) is 11.8 Å². The zero-order chi connectivity index (χ0) is 21.9. The number of aliphatic carboxylic acids is 1. The normalized spacial score (nSPS) is 12.3. The maximum atomic E-state index is 12.5. The summed E-state index contributed by atoms with van der Waals surface area (Å²) >= 11 is 0. The van der Waals surface area contributed by atoms with Crippen molar-refractivity contribution < 1.29 is 29.0 Å². The van der Waals surface area contributed by atoms with E-state index in [1.807, 2.05) is 6.07 Å². The fraction of sp³-hybridized carbons (Fsp3) is 0.238. The van der Waals surface area contributed by atoms with Crippen LogP contribution in [0.2, 0.25) is 0 Å². The van der Waals surface area contributed by atoms with Crippen LogP contribution in [0.5, 0.6) is 0 Å². The predicted molar refractivity (Wildman–Crippen MR) is 107 cm³/mol. The SMILES string of the molecule is NC(=O)C[C@H](NC(=O)OCc1ccccc1)C(=O)N[C@H](Cc1ccccc1)C(=O)O. The molecule has 2 aromatic carbocycles. The molecule has 0 unspecified atom stereocenters. The summed E-state index contributed by atoms with van der Waals surface area (Å²) in [5, 5.41) is 14.0. The van der Waals surface area contributed by atoms with Crippen molar-refractivity contribution in [3.63, 3.8) is 0 Å². The van der Waals surface area contributed by atoms with E-state index in [9.17, 15) is 24.3 Å². The maximum absolute atomic E-state index is 12.5. The Hall–Kier alpha value is -3.88. The van der Waals surface area contributed by atoms with Gasteiger partial charge in [0.1, 0.15) is 18.7 Å². The summed E-state index contributed by atoms with van der Waals surface area (Å²) in [5.41, 5.74) is 6.59. The third-order valence-corrected chi connectivity index (χ3v) is 4.12. The molecule has 2 rings (SSSR count). The van der Waals surface area contributed by atoms with Crippen LogP contribution in [-0.4, -0.2) is 41.1 Å². The second kappa shape index (κ2) is 11.2. The van der Waals surface area contributed by atoms with E-state index < -0.39 is 42.4 Å². The molecular formula is C21H23N3O6. The van der Waals surface area contributed by atoms with Gasteiger partial charge >= 0.3 is 12.1 Å². The molecule has 5 N–H and O–H groups in total. The zero-order valence-corrected chi connectivity index (χ0v) is 16.1. The number of carbonyl (C=O) groups is 4. The van der Waals surface area contributed by atoms with Gasteiger partial charge in [-0.05, 0) is 11.1 Å². The van der Waals surface area contributed by atoms with Crippen molar-refractivity contribution in [1.82, 2.24) is 10.6 Å². The molecule has 0 fully saturated rings. The van der Waals surface area contributed by atoms with Crippen molar-refractivity contribution in [2.24, 2.45) is 5.73 Å². The fourth-order valence-electron chi connectivity index (χ4n) is 2.64. The summed E-state index contributed by atoms with van der Waals surface area (Å²) < 4.78 is 5.04. The Morgan fingerprint density at radius 1 is 0.867 bits per heavy atom. The van der Waals surface area contributed by atoms with Crippen molar-refractivity contribution in [2.45, 2.75) is 31.5 Å². The van der Waals surface area contributed by atoms with Gasteiger partial charge in [-0.15, -0.1) is 0 Å². The van der Waals surface area contributed by atoms with E-state index in [2.05, 4.69) is 10.6 Å². The van der Waals surface area contributed by atoms with Crippen molar-refractivity contribution in [3.8, 4) is 0 Å². The molecular weight excluding hydrogens is 390 g/mol. The molecule has 0 bridgehead atoms. The number of rotatable bonds is 10. The van der Waals surface area contributed by atoms with Gasteiger partial charge in [-0.1, -0.05) is 60.7 Å². The average molecular weight is 413 g/mol. The summed E-state index contributed by atoms with van der Waals surface area (Å²) in [7, 11) is 0. The van der Waals surface area contributed by atoms with Gasteiger partial charge in [-0.3, -0.25) is 9.59 Å². The van der Waals surface area contributed by atoms with Crippen LogP contribution in [0.4, 0.5) is 4.79 Å². The number of carbonyl (C=O) groups excluding carboxylic acids is 3. The van der Waals surface area contributed by atoms with E-state index in [0.717, 1.165) is 5.56 Å². The Bertz CT molecular complexity index is 873. The van der Waals surface area contributed by atoms with Crippen molar-refractivity contribution in [3.05, 3.63) is 71.8 Å². The van der Waals surface area contributed by atoms with E-state index >= 15 is 0 Å². The summed E-state index contributed by atoms with van der Waals surface area (Å²) in [6, 6.07) is 15.0. The van der Waals surface area contributed by atoms with Crippen molar-refractivity contribution in [2.75, 3.05) is 0 Å². The molecule has 0 aliphatic carbocycles. The van der Waals surface area contributed by atoms with Gasteiger partial charge in [0.05, 0.1) is 6.42 Å². The molecule has 158 valence electrons. The molecule has 2 aromatic rings. The Balaban J connectivity index is 1.99. The molecule has 30 heavy (non-hydrogen) atoms. The van der Waals surface area contributed by atoms with Crippen LogP contribution in [-0.2, 0) is 32.1 Å². The van der Waals surface area contributed by atoms with Crippen LogP contribution >= 0.6 is 0 Å². The summed E-state index contributed by atoms with van der Waals surface area (Å²) in [4.78, 5) is 47.4. The van der Waals surface area contributed by atoms with Gasteiger partial charge in [0.25, 0.3) is 0 Å². The number of nitrogens with two attached hydrogens (primary N) is 1. The quantitative estimate of drug-likeness (QED) is 0.456. The predicted octanol–water partition coefficient (Wildman–Crippen LogP) is 0.969. The molecule has 9 nitrogen and oxygen atoms in total. The van der Waals surface area contributed by atoms with E-state index in [-0.39, 0.29) is 13.0 Å². The molecule has 0 aromatic heterocycles. The highest BCUT2D eigenvalue weighted by Crippen LogP contribution is 2.05. The molecule has 3 amide bonds. The Morgan fingerprint density at radius 3 is 1.97 bits per heavy atom. The first-order valence-corrected chi connectivity index (χ1v) is 9.17. The van der Waals surface area contributed by atoms with Crippen LogP contribution in [0.1, 0.15) is 17.5 Å². The van der Waals surface area contributed by atoms with Crippen LogP contribution in [0.25, 0.3) is 0 Å². The topological polar surface area (TPSA) is 148 Å². The first-order valence-electron chi connectivity index (χ1n) is 9.17. The first-order chi connectivity index (χ1) is 14.3. The van der Waals surface area contributed by atoms with E-state index in [4.69, 9.17) is 10.5 Å². The summed E-state index contributed by atoms with van der Waals surface area (Å²) in [5.74, 6) is -2.95. The average Bonchev–Trinajstić information content (AvgIpc) is 2.72. The lowest BCUT2D eigenvalue weighted by molar-refractivity contribution is -0.142. The van der Waals surface area contributed by atoms with Crippen LogP contribution in [0, 0.1) is 0 Å². The van der Waals surface area contributed by atoms with Crippen molar-refractivity contribution in [1.29, 1.82) is 0 Å². The number of nitrogens with one attached hydrogen (secondary N) is 2. The zero-order valence-electron chi connectivity index (χ0n) is 16.1. The second-order valence-corrected chi connectivity index (χ2v) is 6.52. The number of alkyl carbamates (subject to hydrolysis) is 1. The molecule has 0 saturated heterocycles. The lowest BCUT2D eigenvalue weighted by Crippen LogP contribution is -2.53. The van der Waals surface area contributed by atoms with E-state index in [1.54, 1.807) is 54.6 Å². The Kier molecular flexibility index (Phi) is 8.37. The third-order valence-electron chi connectivity index (χ3n) is 4.12. The van der Waals surface area contributed by atoms with Crippen LogP contribution < -0.4 is 16.4 Å². The summed E-state index contributed by atoms with van der Waals surface area (Å²) in [6.07, 6.45) is -1.41. The maximum Gasteiger partial charge on any atom is 0.408 e. The minimum atomic E-state index is -1.37. The number of carboxylic acids is 1. The molecule has 0 spiro atoms. The number of hydrogen-bond acceptors (Lipinski definition) is 5. The van der Waals surface area contributed by atoms with Crippen molar-refractivity contribution >= 4 is 23.9 Å². The van der Waals surface area contributed by atoms with Crippen LogP contribution in [0.3, 0.4) is 0 Å². The Morgan fingerprint density at radius 2 is 1.43 bits per heavy atom. The minimum absolute atomic E-state index is 0.0314. The number of benzene rings is 2. The highest BCUT2D eigenvalue weighted by atomic mass is 16.5. The molecule has 0 radical (unpaired) electrons. The second-order valence-electron chi connectivity index (χ2n) is 6.52. The molecule has 0 saturated carbocycles. The van der Waals surface area contributed by atoms with Gasteiger partial charge in [-0.2, -0.15) is 0 Å². The van der Waals surface area contributed by atoms with E-state index in [0.29, 0.717) is 5.56 Å². The lowest BCUT2D eigenvalue weighted by Gasteiger charge is -2.20. The van der Waals surface area contributed by atoms with Gasteiger partial charge in [0, 0.05) is 6.42 Å². The molecule has 0 aliphatic heterocycles. The number of hydrogen-bond donors (Lipinski definition) is 4. The third kappa shape index (κ3) is 7.63. The van der Waals surface area contributed by atoms with Gasteiger partial charge in [0.15, 0.2) is 0 Å². The van der Waals surface area contributed by atoms with Gasteiger partial charge < -0.3 is 26.2 Å². The first kappa shape index (κ1) is 22.4. The number of primary amides is 1. The standard InChI is InChI=1S/C21H23N3O6/c22-18(25)12-16(24-21(29)30-13-15-9-5-2-6-10-15)19(26)23-17(20(27)28)11-14-7-3-1-4-8-14/h1-10,16-17H,11-13H2,(H2,22,25)(H,23,26)(H,24,29)(H,27,28)/t16-,17+/m0/s1. The Labute approximate surface area is 173 Å². The molecule has 0 heterocycles. The highest BCUT2D eigenvalue weighted by molar-refractivity contribution is 5.92. The van der Waals surface area contributed by atoms with Gasteiger partial charge in [-0.25, -0.2) is 9.59 Å². The number of ether oxygens (including phenoxy) is 1.